The van der Waals surface area contributed by atoms with Gasteiger partial charge in [0, 0.05) is 22.8 Å². The largest absolute Gasteiger partial charge is 0.411 e. The van der Waals surface area contributed by atoms with Gasteiger partial charge in [-0.15, -0.1) is 0 Å². The minimum absolute atomic E-state index is 0.692. The molecule has 14 heavy (non-hydrogen) atoms. The van der Waals surface area contributed by atoms with Crippen molar-refractivity contribution < 1.29 is 5.21 Å². The Bertz CT molecular complexity index is 494. The molecule has 70 valence electrons. The zero-order valence-electron chi connectivity index (χ0n) is 7.38. The number of nitrogens with zero attached hydrogens (tertiary/aromatic N) is 2. The lowest BCUT2D eigenvalue weighted by atomic mass is 10.1. The van der Waals surface area contributed by atoms with Gasteiger partial charge in [-0.1, -0.05) is 5.16 Å². The smallest absolute Gasteiger partial charge is 0.0749 e. The number of hydrogen-bond acceptors (Lipinski definition) is 4. The fourth-order valence-corrected chi connectivity index (χ4v) is 1.30. The molecule has 4 nitrogen and oxygen atoms in total. The zero-order chi connectivity index (χ0) is 9.97. The lowest BCUT2D eigenvalue weighted by Gasteiger charge is -1.99. The maximum Gasteiger partial charge on any atom is 0.0749 e. The first-order chi connectivity index (χ1) is 6.79. The van der Waals surface area contributed by atoms with E-state index in [1.165, 1.54) is 6.21 Å². The fraction of sp³-hybridized carbons (Fsp3) is 0. The van der Waals surface area contributed by atoms with Crippen LogP contribution in [0, 0.1) is 0 Å². The van der Waals surface area contributed by atoms with Crippen molar-refractivity contribution in [2.45, 2.75) is 0 Å². The number of anilines is 1. The van der Waals surface area contributed by atoms with Gasteiger partial charge in [0.25, 0.3) is 0 Å². The lowest BCUT2D eigenvalue weighted by molar-refractivity contribution is 0.322. The summed E-state index contributed by atoms with van der Waals surface area (Å²) in [6.45, 7) is 0. The summed E-state index contributed by atoms with van der Waals surface area (Å²) in [6.07, 6.45) is 2.97. The van der Waals surface area contributed by atoms with E-state index in [9.17, 15) is 0 Å². The van der Waals surface area contributed by atoms with Crippen LogP contribution >= 0.6 is 0 Å². The van der Waals surface area contributed by atoms with E-state index in [4.69, 9.17) is 10.9 Å². The van der Waals surface area contributed by atoms with Crippen molar-refractivity contribution in [1.29, 1.82) is 0 Å². The van der Waals surface area contributed by atoms with Gasteiger partial charge in [-0.3, -0.25) is 4.98 Å². The Balaban J connectivity index is 2.63. The molecule has 0 saturated heterocycles. The van der Waals surface area contributed by atoms with Gasteiger partial charge in [-0.25, -0.2) is 0 Å². The molecule has 0 aliphatic heterocycles. The van der Waals surface area contributed by atoms with Crippen LogP contribution in [0.5, 0.6) is 0 Å². The molecule has 4 heteroatoms. The second kappa shape index (κ2) is 3.33. The Morgan fingerprint density at radius 3 is 3.00 bits per heavy atom. The average Bonchev–Trinajstić information content (AvgIpc) is 2.17. The molecule has 2 aromatic rings. The lowest BCUT2D eigenvalue weighted by Crippen LogP contribution is -1.88. The van der Waals surface area contributed by atoms with E-state index in [-0.39, 0.29) is 0 Å². The van der Waals surface area contributed by atoms with Crippen molar-refractivity contribution in [2.75, 3.05) is 5.73 Å². The first kappa shape index (κ1) is 8.50. The zero-order valence-corrected chi connectivity index (χ0v) is 7.38. The molecular weight excluding hydrogens is 178 g/mol. The topological polar surface area (TPSA) is 71.5 Å². The Kier molecular flexibility index (Phi) is 2.02. The van der Waals surface area contributed by atoms with Crippen LogP contribution in [0.3, 0.4) is 0 Å². The van der Waals surface area contributed by atoms with Crippen molar-refractivity contribution in [1.82, 2.24) is 4.98 Å². The summed E-state index contributed by atoms with van der Waals surface area (Å²) in [6, 6.07) is 7.34. The van der Waals surface area contributed by atoms with E-state index in [0.29, 0.717) is 5.69 Å². The Labute approximate surface area is 80.7 Å². The molecular formula is C10H9N3O. The fourth-order valence-electron chi connectivity index (χ4n) is 1.30. The summed E-state index contributed by atoms with van der Waals surface area (Å²) in [5.41, 5.74) is 7.94. The third kappa shape index (κ3) is 1.50. The number of benzene rings is 1. The highest BCUT2D eigenvalue weighted by Gasteiger charge is 1.96. The van der Waals surface area contributed by atoms with Crippen LogP contribution in [0.2, 0.25) is 0 Å². The van der Waals surface area contributed by atoms with Crippen LogP contribution in [0.15, 0.2) is 35.6 Å². The van der Waals surface area contributed by atoms with E-state index in [2.05, 4.69) is 10.1 Å². The molecule has 0 spiro atoms. The van der Waals surface area contributed by atoms with Gasteiger partial charge >= 0.3 is 0 Å². The normalized spacial score (nSPS) is 11.1. The van der Waals surface area contributed by atoms with Crippen molar-refractivity contribution in [3.8, 4) is 0 Å². The summed E-state index contributed by atoms with van der Waals surface area (Å²) in [7, 11) is 0. The molecule has 0 radical (unpaired) electrons. The van der Waals surface area contributed by atoms with E-state index < -0.39 is 0 Å². The van der Waals surface area contributed by atoms with Crippen LogP contribution < -0.4 is 5.73 Å². The molecule has 0 saturated carbocycles. The van der Waals surface area contributed by atoms with Gasteiger partial charge in [-0.05, 0) is 24.3 Å². The molecule has 0 aliphatic carbocycles. The second-order valence-electron chi connectivity index (χ2n) is 2.97. The summed E-state index contributed by atoms with van der Waals surface area (Å²) in [5.74, 6) is 0. The first-order valence-corrected chi connectivity index (χ1v) is 4.12. The number of oxime groups is 1. The van der Waals surface area contributed by atoms with E-state index in [1.54, 1.807) is 12.3 Å². The van der Waals surface area contributed by atoms with Crippen LogP contribution in [0.4, 0.5) is 5.69 Å². The van der Waals surface area contributed by atoms with Crippen LogP contribution in [0.25, 0.3) is 10.9 Å². The molecule has 1 aromatic heterocycles. The minimum atomic E-state index is 0.692. The van der Waals surface area contributed by atoms with Gasteiger partial charge in [0.05, 0.1) is 11.7 Å². The molecule has 0 atom stereocenters. The summed E-state index contributed by atoms with van der Waals surface area (Å²) in [4.78, 5) is 4.18. The third-order valence-corrected chi connectivity index (χ3v) is 1.93. The Morgan fingerprint density at radius 2 is 2.21 bits per heavy atom. The Hall–Kier alpha value is -2.10. The first-order valence-electron chi connectivity index (χ1n) is 4.12. The number of nitrogens with two attached hydrogens (primary N) is 1. The van der Waals surface area contributed by atoms with Gasteiger partial charge in [0.1, 0.15) is 0 Å². The van der Waals surface area contributed by atoms with Gasteiger partial charge in [-0.2, -0.15) is 0 Å². The van der Waals surface area contributed by atoms with Crippen LogP contribution in [-0.4, -0.2) is 16.4 Å². The van der Waals surface area contributed by atoms with Gasteiger partial charge in [0.2, 0.25) is 0 Å². The number of rotatable bonds is 1. The SMILES string of the molecule is Nc1ccc2ncc(C=NO)cc2c1. The van der Waals surface area contributed by atoms with E-state index in [0.717, 1.165) is 16.5 Å². The molecule has 0 unspecified atom stereocenters. The minimum Gasteiger partial charge on any atom is -0.411 e. The van der Waals surface area contributed by atoms with E-state index >= 15 is 0 Å². The number of hydrogen-bond donors (Lipinski definition) is 2. The second-order valence-corrected chi connectivity index (χ2v) is 2.97. The molecule has 0 amide bonds. The molecule has 3 N–H and O–H groups in total. The monoisotopic (exact) mass is 187 g/mol. The molecule has 0 fully saturated rings. The average molecular weight is 187 g/mol. The number of nitrogen functional groups attached to an aromatic ring is 1. The highest BCUT2D eigenvalue weighted by Crippen LogP contribution is 2.15. The summed E-state index contributed by atoms with van der Waals surface area (Å²) < 4.78 is 0. The third-order valence-electron chi connectivity index (χ3n) is 1.93. The molecule has 0 bridgehead atoms. The van der Waals surface area contributed by atoms with Crippen molar-refractivity contribution in [3.63, 3.8) is 0 Å². The van der Waals surface area contributed by atoms with Crippen molar-refractivity contribution in [3.05, 3.63) is 36.0 Å². The highest BCUT2D eigenvalue weighted by atomic mass is 16.4. The number of pyridine rings is 1. The predicted molar refractivity (Wildman–Crippen MR) is 55.5 cm³/mol. The van der Waals surface area contributed by atoms with Crippen molar-refractivity contribution >= 4 is 22.8 Å². The Morgan fingerprint density at radius 1 is 1.36 bits per heavy atom. The maximum absolute atomic E-state index is 8.36. The van der Waals surface area contributed by atoms with Gasteiger partial charge in [0.15, 0.2) is 0 Å². The quantitative estimate of drug-likeness (QED) is 0.308. The maximum atomic E-state index is 8.36. The van der Waals surface area contributed by atoms with Crippen molar-refractivity contribution in [2.24, 2.45) is 5.16 Å². The standard InChI is InChI=1S/C10H9N3O/c11-9-1-2-10-8(4-9)3-7(5-12-10)6-13-14/h1-6,14H,11H2. The van der Waals surface area contributed by atoms with Crippen LogP contribution in [0.1, 0.15) is 5.56 Å². The molecule has 1 heterocycles. The molecule has 2 rings (SSSR count). The van der Waals surface area contributed by atoms with E-state index in [1.807, 2.05) is 18.2 Å². The highest BCUT2D eigenvalue weighted by molar-refractivity contribution is 5.88. The predicted octanol–water partition coefficient (Wildman–Crippen LogP) is 1.63. The summed E-state index contributed by atoms with van der Waals surface area (Å²) >= 11 is 0. The molecule has 1 aromatic carbocycles. The van der Waals surface area contributed by atoms with Crippen LogP contribution in [-0.2, 0) is 0 Å². The summed E-state index contributed by atoms with van der Waals surface area (Å²) in [5, 5.41) is 12.2. The number of fused-ring (bicyclic) bond motifs is 1. The molecule has 0 aliphatic rings. The van der Waals surface area contributed by atoms with Gasteiger partial charge < -0.3 is 10.9 Å². The number of aromatic nitrogens is 1.